The van der Waals surface area contributed by atoms with Gasteiger partial charge in [0.15, 0.2) is 0 Å². The van der Waals surface area contributed by atoms with Crippen molar-refractivity contribution in [1.82, 2.24) is 20.0 Å². The molecule has 2 aromatic heterocycles. The van der Waals surface area contributed by atoms with Gasteiger partial charge in [0.2, 0.25) is 5.91 Å². The summed E-state index contributed by atoms with van der Waals surface area (Å²) in [6.45, 7) is 3.93. The van der Waals surface area contributed by atoms with Gasteiger partial charge in [-0.25, -0.2) is 4.98 Å². The molecule has 33 heavy (non-hydrogen) atoms. The molecule has 3 aromatic rings. The van der Waals surface area contributed by atoms with Gasteiger partial charge in [0.25, 0.3) is 0 Å². The molecule has 4 aliphatic rings. The molecular weight excluding hydrogens is 416 g/mol. The van der Waals surface area contributed by atoms with Crippen LogP contribution in [0.1, 0.15) is 81.1 Å². The number of amides is 1. The molecule has 7 nitrogen and oxygen atoms in total. The molecule has 3 heterocycles. The number of piperidine rings is 1. The average molecular weight is 449 g/mol. The van der Waals surface area contributed by atoms with Gasteiger partial charge >= 0.3 is 0 Å². The van der Waals surface area contributed by atoms with E-state index in [2.05, 4.69) is 33.2 Å². The second-order valence-corrected chi connectivity index (χ2v) is 10.3. The topological polar surface area (TPSA) is 82.2 Å². The molecule has 2 bridgehead atoms. The van der Waals surface area contributed by atoms with Gasteiger partial charge in [0.1, 0.15) is 11.6 Å². The minimum Gasteiger partial charge on any atom is -0.378 e. The summed E-state index contributed by atoms with van der Waals surface area (Å²) in [5.41, 5.74) is 5.23. The molecular formula is C26H32N4O3. The van der Waals surface area contributed by atoms with Crippen LogP contribution in [-0.4, -0.2) is 33.3 Å². The van der Waals surface area contributed by atoms with Crippen molar-refractivity contribution in [2.45, 2.75) is 88.8 Å². The number of methoxy groups -OCH3 is 1. The molecule has 4 fully saturated rings. The van der Waals surface area contributed by atoms with E-state index in [0.29, 0.717) is 6.42 Å². The fourth-order valence-corrected chi connectivity index (χ4v) is 6.65. The number of aryl methyl sites for hydroxylation is 2. The van der Waals surface area contributed by atoms with Crippen molar-refractivity contribution in [2.24, 2.45) is 0 Å². The van der Waals surface area contributed by atoms with E-state index in [-0.39, 0.29) is 23.1 Å². The fourth-order valence-electron chi connectivity index (χ4n) is 6.65. The summed E-state index contributed by atoms with van der Waals surface area (Å²) in [5.74, 6) is 1.96. The second kappa shape index (κ2) is 7.42. The van der Waals surface area contributed by atoms with Crippen LogP contribution < -0.4 is 5.32 Å². The van der Waals surface area contributed by atoms with Crippen molar-refractivity contribution in [3.05, 3.63) is 35.5 Å². The Morgan fingerprint density at radius 3 is 2.55 bits per heavy atom. The first-order valence-corrected chi connectivity index (χ1v) is 12.2. The summed E-state index contributed by atoms with van der Waals surface area (Å²) in [6, 6.07) is 6.50. The van der Waals surface area contributed by atoms with E-state index >= 15 is 0 Å². The van der Waals surface area contributed by atoms with Gasteiger partial charge in [-0.3, -0.25) is 4.79 Å². The molecule has 174 valence electrons. The minimum absolute atomic E-state index is 0.0356. The lowest BCUT2D eigenvalue weighted by atomic mass is 9.62. The van der Waals surface area contributed by atoms with Gasteiger partial charge in [-0.05, 0) is 82.9 Å². The van der Waals surface area contributed by atoms with Crippen molar-refractivity contribution >= 4 is 16.9 Å². The van der Waals surface area contributed by atoms with Gasteiger partial charge in [-0.1, -0.05) is 11.2 Å². The van der Waals surface area contributed by atoms with Gasteiger partial charge in [-0.2, -0.15) is 0 Å². The summed E-state index contributed by atoms with van der Waals surface area (Å²) >= 11 is 0. The molecule has 1 N–H and O–H groups in total. The smallest absolute Gasteiger partial charge is 0.220 e. The third-order valence-corrected chi connectivity index (χ3v) is 8.59. The molecule has 3 aliphatic carbocycles. The zero-order chi connectivity index (χ0) is 22.8. The van der Waals surface area contributed by atoms with Crippen LogP contribution in [0.3, 0.4) is 0 Å². The number of benzene rings is 1. The number of nitrogens with zero attached hydrogens (tertiary/aromatic N) is 3. The maximum absolute atomic E-state index is 12.3. The van der Waals surface area contributed by atoms with E-state index in [1.807, 2.05) is 21.0 Å². The van der Waals surface area contributed by atoms with Gasteiger partial charge in [-0.15, -0.1) is 0 Å². The quantitative estimate of drug-likeness (QED) is 0.601. The van der Waals surface area contributed by atoms with Crippen LogP contribution in [0.15, 0.2) is 22.7 Å². The summed E-state index contributed by atoms with van der Waals surface area (Å²) in [6.07, 6.45) is 8.95. The lowest BCUT2D eigenvalue weighted by Gasteiger charge is -2.54. The Kier molecular flexibility index (Phi) is 4.70. The van der Waals surface area contributed by atoms with E-state index in [9.17, 15) is 4.79 Å². The number of carbonyl (C=O) groups excluding carboxylic acids is 1. The number of fused-ring (bicyclic) bond motifs is 4. The predicted molar refractivity (Wildman–Crippen MR) is 125 cm³/mol. The summed E-state index contributed by atoms with van der Waals surface area (Å²) < 4.78 is 13.9. The fraction of sp³-hybridized carbons (Fsp3) is 0.577. The highest BCUT2D eigenvalue weighted by Crippen LogP contribution is 2.54. The molecule has 1 amide bonds. The summed E-state index contributed by atoms with van der Waals surface area (Å²) in [7, 11) is 1.87. The van der Waals surface area contributed by atoms with Crippen molar-refractivity contribution in [3.63, 3.8) is 0 Å². The Bertz CT molecular complexity index is 1200. The maximum Gasteiger partial charge on any atom is 0.220 e. The number of hydrogen-bond donors (Lipinski definition) is 1. The van der Waals surface area contributed by atoms with Gasteiger partial charge in [0, 0.05) is 24.6 Å². The van der Waals surface area contributed by atoms with E-state index in [0.717, 1.165) is 90.8 Å². The molecule has 1 aliphatic heterocycles. The third-order valence-electron chi connectivity index (χ3n) is 8.59. The molecule has 1 atom stereocenters. The monoisotopic (exact) mass is 448 g/mol. The Balaban J connectivity index is 1.51. The Morgan fingerprint density at radius 2 is 1.91 bits per heavy atom. The zero-order valence-corrected chi connectivity index (χ0v) is 19.7. The Hall–Kier alpha value is -2.67. The number of hydrogen-bond acceptors (Lipinski definition) is 5. The molecule has 1 saturated heterocycles. The van der Waals surface area contributed by atoms with Gasteiger partial charge < -0.3 is 19.1 Å². The van der Waals surface area contributed by atoms with Crippen LogP contribution in [0.25, 0.3) is 22.2 Å². The standard InChI is InChI=1S/C26H32N4O3/c1-16-23(17(2)33-29-16)18-7-8-21-20(15-18)28-24(19-5-4-6-22(31)27-19)30(21)25-9-12-26(32-3,13-10-25)14-11-25/h7-8,15,19H,4-6,9-14H2,1-3H3,(H,27,31)/t19-,25?,26?/m0/s1. The first-order chi connectivity index (χ1) is 15.9. The van der Waals surface area contributed by atoms with E-state index in [1.165, 1.54) is 0 Å². The minimum atomic E-state index is -0.0356. The van der Waals surface area contributed by atoms with E-state index in [1.54, 1.807) is 0 Å². The number of ether oxygens (including phenoxy) is 1. The number of aromatic nitrogens is 3. The summed E-state index contributed by atoms with van der Waals surface area (Å²) in [5, 5.41) is 7.37. The maximum atomic E-state index is 12.3. The van der Waals surface area contributed by atoms with Crippen LogP contribution >= 0.6 is 0 Å². The molecule has 0 radical (unpaired) electrons. The normalized spacial score (nSPS) is 29.5. The number of imidazole rings is 1. The van der Waals surface area contributed by atoms with Crippen LogP contribution in [0.5, 0.6) is 0 Å². The molecule has 3 saturated carbocycles. The zero-order valence-electron chi connectivity index (χ0n) is 19.7. The highest BCUT2D eigenvalue weighted by atomic mass is 16.5. The van der Waals surface area contributed by atoms with Crippen LogP contribution in [-0.2, 0) is 15.1 Å². The van der Waals surface area contributed by atoms with Crippen LogP contribution in [0.2, 0.25) is 0 Å². The molecule has 7 heteroatoms. The third kappa shape index (κ3) is 3.15. The van der Waals surface area contributed by atoms with Crippen molar-refractivity contribution in [3.8, 4) is 11.1 Å². The second-order valence-electron chi connectivity index (χ2n) is 10.3. The largest absolute Gasteiger partial charge is 0.378 e. The molecule has 7 rings (SSSR count). The number of nitrogens with one attached hydrogen (secondary N) is 1. The first-order valence-electron chi connectivity index (χ1n) is 12.2. The van der Waals surface area contributed by atoms with Crippen molar-refractivity contribution in [1.29, 1.82) is 0 Å². The highest BCUT2D eigenvalue weighted by Gasteiger charge is 2.51. The van der Waals surface area contributed by atoms with Gasteiger partial charge in [0.05, 0.1) is 28.4 Å². The Labute approximate surface area is 193 Å². The number of carbonyl (C=O) groups is 1. The van der Waals surface area contributed by atoms with Crippen molar-refractivity contribution in [2.75, 3.05) is 7.11 Å². The average Bonchev–Trinajstić information content (AvgIpc) is 3.39. The lowest BCUT2D eigenvalue weighted by molar-refractivity contribution is -0.123. The Morgan fingerprint density at radius 1 is 1.15 bits per heavy atom. The molecule has 0 unspecified atom stereocenters. The first kappa shape index (κ1) is 20.9. The lowest BCUT2D eigenvalue weighted by Crippen LogP contribution is -2.52. The van der Waals surface area contributed by atoms with Crippen LogP contribution in [0.4, 0.5) is 0 Å². The van der Waals surface area contributed by atoms with E-state index < -0.39 is 0 Å². The molecule has 1 aromatic carbocycles. The number of rotatable bonds is 4. The van der Waals surface area contributed by atoms with E-state index in [4.69, 9.17) is 14.2 Å². The summed E-state index contributed by atoms with van der Waals surface area (Å²) in [4.78, 5) is 17.5. The predicted octanol–water partition coefficient (Wildman–Crippen LogP) is 5.10. The molecule has 0 spiro atoms. The highest BCUT2D eigenvalue weighted by molar-refractivity contribution is 5.84. The van der Waals surface area contributed by atoms with Crippen molar-refractivity contribution < 1.29 is 14.1 Å². The van der Waals surface area contributed by atoms with Crippen LogP contribution in [0, 0.1) is 13.8 Å². The SMILES string of the molecule is COC12CCC(n3c([C@@H]4CCCC(=O)N4)nc4cc(-c5c(C)noc5C)ccc43)(CC1)CC2.